The molecule has 0 amide bonds. The summed E-state index contributed by atoms with van der Waals surface area (Å²) in [6.07, 6.45) is 1.17. The quantitative estimate of drug-likeness (QED) is 0.250. The van der Waals surface area contributed by atoms with Gasteiger partial charge >= 0.3 is 0 Å². The standard InChI is InChI=1S/C18H17ClN2OS2/c1-18(2)16(20(22)12-13-8-10-14(19)11-9-13)21(17(23)24-18)15-6-4-3-5-7-15/h3-12,16H,1-2H3. The number of hydroxylamine groups is 1. The Bertz CT molecular complexity index is 775. The molecule has 1 fully saturated rings. The van der Waals surface area contributed by atoms with Crippen LogP contribution in [0.2, 0.25) is 5.02 Å². The van der Waals surface area contributed by atoms with E-state index >= 15 is 0 Å². The van der Waals surface area contributed by atoms with Crippen LogP contribution < -0.4 is 4.90 Å². The van der Waals surface area contributed by atoms with Crippen molar-refractivity contribution in [2.24, 2.45) is 0 Å². The lowest BCUT2D eigenvalue weighted by atomic mass is 10.1. The molecule has 1 saturated heterocycles. The van der Waals surface area contributed by atoms with Crippen molar-refractivity contribution >= 4 is 51.8 Å². The first-order valence-electron chi connectivity index (χ1n) is 7.52. The van der Waals surface area contributed by atoms with Gasteiger partial charge in [-0.3, -0.25) is 4.90 Å². The zero-order chi connectivity index (χ0) is 17.3. The second-order valence-electron chi connectivity index (χ2n) is 6.09. The molecule has 0 aliphatic carbocycles. The molecular formula is C18H17ClN2OS2. The van der Waals surface area contributed by atoms with E-state index in [9.17, 15) is 5.21 Å². The van der Waals surface area contributed by atoms with Crippen molar-refractivity contribution < 1.29 is 4.74 Å². The zero-order valence-corrected chi connectivity index (χ0v) is 15.7. The van der Waals surface area contributed by atoms with Crippen LogP contribution in [0.25, 0.3) is 0 Å². The van der Waals surface area contributed by atoms with Crippen molar-refractivity contribution in [2.45, 2.75) is 24.8 Å². The van der Waals surface area contributed by atoms with Crippen LogP contribution >= 0.6 is 35.6 Å². The van der Waals surface area contributed by atoms with Gasteiger partial charge in [0.15, 0.2) is 6.21 Å². The molecule has 0 saturated carbocycles. The van der Waals surface area contributed by atoms with Gasteiger partial charge < -0.3 is 5.21 Å². The number of hydrogen-bond donors (Lipinski definition) is 0. The largest absolute Gasteiger partial charge is 0.622 e. The average molecular weight is 377 g/mol. The van der Waals surface area contributed by atoms with Crippen LogP contribution in [0.4, 0.5) is 5.69 Å². The molecule has 1 heterocycles. The molecule has 2 aromatic carbocycles. The Morgan fingerprint density at radius 2 is 1.79 bits per heavy atom. The summed E-state index contributed by atoms with van der Waals surface area (Å²) in [6, 6.07) is 17.0. The minimum absolute atomic E-state index is 0.336. The molecule has 2 aromatic rings. The average Bonchev–Trinajstić information content (AvgIpc) is 2.79. The summed E-state index contributed by atoms with van der Waals surface area (Å²) in [4.78, 5) is 1.93. The van der Waals surface area contributed by atoms with E-state index in [2.05, 4.69) is 0 Å². The topological polar surface area (TPSA) is 29.3 Å². The van der Waals surface area contributed by atoms with Crippen molar-refractivity contribution in [3.8, 4) is 0 Å². The summed E-state index contributed by atoms with van der Waals surface area (Å²) in [5.74, 6) is 0. The van der Waals surface area contributed by atoms with Gasteiger partial charge in [0.2, 0.25) is 0 Å². The number of halogens is 1. The number of thioether (sulfide) groups is 1. The van der Waals surface area contributed by atoms with Gasteiger partial charge in [-0.05, 0) is 50.2 Å². The number of hydrogen-bond acceptors (Lipinski definition) is 3. The molecule has 24 heavy (non-hydrogen) atoms. The van der Waals surface area contributed by atoms with Crippen LogP contribution in [0.15, 0.2) is 54.6 Å². The van der Waals surface area contributed by atoms with E-state index in [4.69, 9.17) is 23.8 Å². The van der Waals surface area contributed by atoms with E-state index in [0.717, 1.165) is 16.0 Å². The van der Waals surface area contributed by atoms with Crippen molar-refractivity contribution in [2.75, 3.05) is 4.90 Å². The minimum Gasteiger partial charge on any atom is -0.622 e. The van der Waals surface area contributed by atoms with Crippen LogP contribution in [0, 0.1) is 5.21 Å². The minimum atomic E-state index is -0.423. The van der Waals surface area contributed by atoms with Crippen molar-refractivity contribution in [3.05, 3.63) is 70.4 Å². The van der Waals surface area contributed by atoms with Crippen LogP contribution in [-0.4, -0.2) is 26.2 Å². The summed E-state index contributed by atoms with van der Waals surface area (Å²) in [5, 5.41) is 13.6. The number of rotatable bonds is 3. The van der Waals surface area contributed by atoms with Crippen molar-refractivity contribution in [3.63, 3.8) is 0 Å². The first kappa shape index (κ1) is 17.3. The fourth-order valence-corrected chi connectivity index (χ4v) is 4.80. The highest BCUT2D eigenvalue weighted by Gasteiger charge is 2.51. The highest BCUT2D eigenvalue weighted by molar-refractivity contribution is 8.24. The Morgan fingerprint density at radius 3 is 2.42 bits per heavy atom. The molecule has 0 spiro atoms. The Balaban J connectivity index is 2.01. The smallest absolute Gasteiger partial charge is 0.258 e. The zero-order valence-electron chi connectivity index (χ0n) is 13.3. The Labute approximate surface area is 156 Å². The van der Waals surface area contributed by atoms with Gasteiger partial charge in [-0.25, -0.2) is 0 Å². The second-order valence-corrected chi connectivity index (χ2v) is 8.82. The van der Waals surface area contributed by atoms with Gasteiger partial charge in [0.25, 0.3) is 6.17 Å². The molecule has 1 aliphatic heterocycles. The Hall–Kier alpha value is -1.56. The Kier molecular flexibility index (Phi) is 4.85. The first-order chi connectivity index (χ1) is 11.4. The number of anilines is 1. The SMILES string of the molecule is CC1(C)SC(=S)N(c2ccccc2)C1[N+]([O-])=Cc1ccc(Cl)cc1. The second kappa shape index (κ2) is 6.75. The molecule has 1 aliphatic rings. The Morgan fingerprint density at radius 1 is 1.17 bits per heavy atom. The normalized spacial score (nSPS) is 20.5. The van der Waals surface area contributed by atoms with Crippen LogP contribution in [0.5, 0.6) is 0 Å². The van der Waals surface area contributed by atoms with Gasteiger partial charge in [0, 0.05) is 16.3 Å². The molecule has 3 nitrogen and oxygen atoms in total. The highest BCUT2D eigenvalue weighted by atomic mass is 35.5. The van der Waals surface area contributed by atoms with Crippen LogP contribution in [0.1, 0.15) is 19.4 Å². The predicted molar refractivity (Wildman–Crippen MR) is 107 cm³/mol. The van der Waals surface area contributed by atoms with Crippen LogP contribution in [0.3, 0.4) is 0 Å². The lowest BCUT2D eigenvalue weighted by Crippen LogP contribution is -2.48. The third-order valence-electron chi connectivity index (χ3n) is 3.84. The first-order valence-corrected chi connectivity index (χ1v) is 9.12. The summed E-state index contributed by atoms with van der Waals surface area (Å²) in [5.41, 5.74) is 1.73. The fraction of sp³-hybridized carbons (Fsp3) is 0.222. The number of para-hydroxylation sites is 1. The molecule has 124 valence electrons. The molecule has 0 radical (unpaired) electrons. The van der Waals surface area contributed by atoms with E-state index in [0.29, 0.717) is 9.34 Å². The maximum absolute atomic E-state index is 13.0. The number of benzene rings is 2. The monoisotopic (exact) mass is 376 g/mol. The summed E-state index contributed by atoms with van der Waals surface area (Å²) >= 11 is 13.0. The molecule has 1 atom stereocenters. The molecule has 0 bridgehead atoms. The van der Waals surface area contributed by atoms with Gasteiger partial charge in [0.05, 0.1) is 0 Å². The maximum atomic E-state index is 13.0. The molecule has 6 heteroatoms. The van der Waals surface area contributed by atoms with E-state index in [1.807, 2.05) is 61.2 Å². The van der Waals surface area contributed by atoms with Crippen LogP contribution in [-0.2, 0) is 0 Å². The third kappa shape index (κ3) is 3.43. The predicted octanol–water partition coefficient (Wildman–Crippen LogP) is 4.91. The highest BCUT2D eigenvalue weighted by Crippen LogP contribution is 2.43. The molecule has 0 aromatic heterocycles. The van der Waals surface area contributed by atoms with Crippen molar-refractivity contribution in [1.29, 1.82) is 0 Å². The molecule has 0 N–H and O–H groups in total. The lowest BCUT2D eigenvalue weighted by molar-refractivity contribution is -0.497. The van der Waals surface area contributed by atoms with Crippen molar-refractivity contribution in [1.82, 2.24) is 0 Å². The summed E-state index contributed by atoms with van der Waals surface area (Å²) < 4.78 is 1.36. The van der Waals surface area contributed by atoms with Gasteiger partial charge in [-0.1, -0.05) is 53.8 Å². The van der Waals surface area contributed by atoms with Gasteiger partial charge in [-0.15, -0.1) is 0 Å². The van der Waals surface area contributed by atoms with E-state index < -0.39 is 6.17 Å². The van der Waals surface area contributed by atoms with Gasteiger partial charge in [0.1, 0.15) is 9.07 Å². The molecule has 1 unspecified atom stereocenters. The fourth-order valence-electron chi connectivity index (χ4n) is 2.76. The van der Waals surface area contributed by atoms with Gasteiger partial charge in [-0.2, -0.15) is 4.74 Å². The lowest BCUT2D eigenvalue weighted by Gasteiger charge is -2.29. The van der Waals surface area contributed by atoms with E-state index in [-0.39, 0.29) is 4.75 Å². The number of nitrogens with zero attached hydrogens (tertiary/aromatic N) is 2. The third-order valence-corrected chi connectivity index (χ3v) is 5.64. The summed E-state index contributed by atoms with van der Waals surface area (Å²) in [6.45, 7) is 4.08. The van der Waals surface area contributed by atoms with E-state index in [1.54, 1.807) is 30.1 Å². The molecular weight excluding hydrogens is 360 g/mol. The van der Waals surface area contributed by atoms with E-state index in [1.165, 1.54) is 0 Å². The number of thiocarbonyl (C=S) groups is 1. The summed E-state index contributed by atoms with van der Waals surface area (Å²) in [7, 11) is 0. The maximum Gasteiger partial charge on any atom is 0.258 e. The molecule has 3 rings (SSSR count).